The summed E-state index contributed by atoms with van der Waals surface area (Å²) in [5.74, 6) is -0.182. The monoisotopic (exact) mass is 266 g/mol. The van der Waals surface area contributed by atoms with Crippen molar-refractivity contribution in [3.63, 3.8) is 0 Å². The fraction of sp³-hybridized carbons (Fsp3) is 0.273. The largest absolute Gasteiger partial charge is 0.279 e. The summed E-state index contributed by atoms with van der Waals surface area (Å²) in [6.45, 7) is 0. The van der Waals surface area contributed by atoms with Gasteiger partial charge in [-0.1, -0.05) is 12.1 Å². The fourth-order valence-corrected chi connectivity index (χ4v) is 1.88. The van der Waals surface area contributed by atoms with Crippen LogP contribution in [0.3, 0.4) is 0 Å². The van der Waals surface area contributed by atoms with Gasteiger partial charge in [0.1, 0.15) is 0 Å². The molecule has 0 spiro atoms. The SMILES string of the molecule is N#CCCC=NNc1ccc(CS(N)(=O)=O)cc1. The first kappa shape index (κ1) is 14.2. The number of nitrogens with two attached hydrogens (primary N) is 1. The molecular formula is C11H14N4O2S. The second-order valence-electron chi connectivity index (χ2n) is 3.62. The number of nitrogens with one attached hydrogen (secondary N) is 1. The van der Waals surface area contributed by atoms with Crippen molar-refractivity contribution in [3.05, 3.63) is 29.8 Å². The molecule has 96 valence electrons. The highest BCUT2D eigenvalue weighted by atomic mass is 32.2. The van der Waals surface area contributed by atoms with Gasteiger partial charge in [0.15, 0.2) is 0 Å². The van der Waals surface area contributed by atoms with Gasteiger partial charge in [-0.2, -0.15) is 10.4 Å². The zero-order valence-electron chi connectivity index (χ0n) is 9.70. The van der Waals surface area contributed by atoms with Crippen LogP contribution in [0, 0.1) is 11.3 Å². The second-order valence-corrected chi connectivity index (χ2v) is 5.24. The lowest BCUT2D eigenvalue weighted by atomic mass is 10.2. The number of sulfonamides is 1. The highest BCUT2D eigenvalue weighted by Crippen LogP contribution is 2.11. The minimum Gasteiger partial charge on any atom is -0.279 e. The van der Waals surface area contributed by atoms with Gasteiger partial charge in [0.25, 0.3) is 0 Å². The van der Waals surface area contributed by atoms with E-state index in [2.05, 4.69) is 10.5 Å². The lowest BCUT2D eigenvalue weighted by Crippen LogP contribution is -2.14. The molecule has 0 saturated carbocycles. The number of nitrogens with zero attached hydrogens (tertiary/aromatic N) is 2. The quantitative estimate of drug-likeness (QED) is 0.457. The zero-order chi connectivity index (χ0) is 13.4. The van der Waals surface area contributed by atoms with Crippen molar-refractivity contribution in [2.75, 3.05) is 5.43 Å². The van der Waals surface area contributed by atoms with E-state index in [0.717, 1.165) is 5.69 Å². The molecule has 0 atom stereocenters. The lowest BCUT2D eigenvalue weighted by molar-refractivity contribution is 0.597. The van der Waals surface area contributed by atoms with Gasteiger partial charge in [0.05, 0.1) is 17.5 Å². The highest BCUT2D eigenvalue weighted by Gasteiger charge is 2.04. The third kappa shape index (κ3) is 5.98. The maximum atomic E-state index is 10.9. The van der Waals surface area contributed by atoms with Crippen molar-refractivity contribution in [3.8, 4) is 6.07 Å². The van der Waals surface area contributed by atoms with Crippen molar-refractivity contribution < 1.29 is 8.42 Å². The van der Waals surface area contributed by atoms with Crippen LogP contribution in [-0.2, 0) is 15.8 Å². The Morgan fingerprint density at radius 2 is 2.06 bits per heavy atom. The van der Waals surface area contributed by atoms with Gasteiger partial charge in [-0.25, -0.2) is 13.6 Å². The Labute approximate surface area is 106 Å². The zero-order valence-corrected chi connectivity index (χ0v) is 10.5. The first-order chi connectivity index (χ1) is 8.51. The van der Waals surface area contributed by atoms with Crippen LogP contribution in [0.15, 0.2) is 29.4 Å². The molecule has 0 aromatic heterocycles. The molecule has 18 heavy (non-hydrogen) atoms. The number of anilines is 1. The first-order valence-electron chi connectivity index (χ1n) is 5.25. The van der Waals surface area contributed by atoms with E-state index in [1.807, 2.05) is 6.07 Å². The standard InChI is InChI=1S/C11H14N4O2S/c12-7-1-2-8-14-15-11-5-3-10(4-6-11)9-18(13,16)17/h3-6,8,15H,1-2,9H2,(H2,13,16,17). The average molecular weight is 266 g/mol. The molecule has 0 aliphatic carbocycles. The molecule has 0 aliphatic heterocycles. The Kier molecular flexibility index (Phi) is 5.30. The molecule has 3 N–H and O–H groups in total. The van der Waals surface area contributed by atoms with E-state index < -0.39 is 10.0 Å². The molecule has 0 aliphatic rings. The van der Waals surface area contributed by atoms with Crippen LogP contribution >= 0.6 is 0 Å². The van der Waals surface area contributed by atoms with Crippen molar-refractivity contribution in [2.24, 2.45) is 10.2 Å². The fourth-order valence-electron chi connectivity index (χ4n) is 1.22. The number of benzene rings is 1. The predicted octanol–water partition coefficient (Wildman–Crippen LogP) is 1.18. The Morgan fingerprint density at radius 1 is 1.39 bits per heavy atom. The number of rotatable bonds is 6. The van der Waals surface area contributed by atoms with Crippen LogP contribution < -0.4 is 10.6 Å². The summed E-state index contributed by atoms with van der Waals surface area (Å²) >= 11 is 0. The van der Waals surface area contributed by atoms with Gasteiger partial charge in [0.2, 0.25) is 10.0 Å². The molecular weight excluding hydrogens is 252 g/mol. The summed E-state index contributed by atoms with van der Waals surface area (Å²) in [7, 11) is -3.50. The highest BCUT2D eigenvalue weighted by molar-refractivity contribution is 7.88. The molecule has 0 fully saturated rings. The number of hydrazone groups is 1. The molecule has 7 heteroatoms. The number of hydrogen-bond acceptors (Lipinski definition) is 5. The van der Waals surface area contributed by atoms with Crippen LogP contribution in [-0.4, -0.2) is 14.6 Å². The summed E-state index contributed by atoms with van der Waals surface area (Å²) in [4.78, 5) is 0. The van der Waals surface area contributed by atoms with Crippen molar-refractivity contribution in [1.29, 1.82) is 5.26 Å². The molecule has 0 amide bonds. The summed E-state index contributed by atoms with van der Waals surface area (Å²) in [6.07, 6.45) is 2.63. The third-order valence-corrected chi connectivity index (χ3v) is 2.73. The maximum Gasteiger partial charge on any atom is 0.213 e. The van der Waals surface area contributed by atoms with E-state index in [4.69, 9.17) is 10.4 Å². The molecule has 0 heterocycles. The van der Waals surface area contributed by atoms with Crippen molar-refractivity contribution in [2.45, 2.75) is 18.6 Å². The van der Waals surface area contributed by atoms with Gasteiger partial charge in [0, 0.05) is 12.6 Å². The van der Waals surface area contributed by atoms with E-state index in [9.17, 15) is 8.42 Å². The van der Waals surface area contributed by atoms with Gasteiger partial charge in [-0.05, 0) is 24.1 Å². The Morgan fingerprint density at radius 3 is 2.61 bits per heavy atom. The normalized spacial score (nSPS) is 11.3. The van der Waals surface area contributed by atoms with E-state index >= 15 is 0 Å². The third-order valence-electron chi connectivity index (χ3n) is 1.99. The predicted molar refractivity (Wildman–Crippen MR) is 70.2 cm³/mol. The molecule has 0 saturated heterocycles. The summed E-state index contributed by atoms with van der Waals surface area (Å²) in [5.41, 5.74) is 4.13. The Balaban J connectivity index is 2.51. The van der Waals surface area contributed by atoms with Crippen LogP contribution in [0.4, 0.5) is 5.69 Å². The number of unbranched alkanes of at least 4 members (excludes halogenated alkanes) is 1. The topological polar surface area (TPSA) is 108 Å². The van der Waals surface area contributed by atoms with Crippen molar-refractivity contribution >= 4 is 21.9 Å². The number of nitriles is 1. The smallest absolute Gasteiger partial charge is 0.213 e. The average Bonchev–Trinajstić information content (AvgIpc) is 2.29. The van der Waals surface area contributed by atoms with Gasteiger partial charge >= 0.3 is 0 Å². The van der Waals surface area contributed by atoms with Crippen LogP contribution in [0.1, 0.15) is 18.4 Å². The van der Waals surface area contributed by atoms with Crippen LogP contribution in [0.5, 0.6) is 0 Å². The second kappa shape index (κ2) is 6.74. The van der Waals surface area contributed by atoms with Gasteiger partial charge in [-0.3, -0.25) is 5.43 Å². The minimum absolute atomic E-state index is 0.182. The van der Waals surface area contributed by atoms with Crippen molar-refractivity contribution in [1.82, 2.24) is 0 Å². The van der Waals surface area contributed by atoms with Gasteiger partial charge < -0.3 is 0 Å². The molecule has 1 aromatic rings. The van der Waals surface area contributed by atoms with E-state index in [-0.39, 0.29) is 5.75 Å². The van der Waals surface area contributed by atoms with Crippen LogP contribution in [0.2, 0.25) is 0 Å². The Hall–Kier alpha value is -1.91. The molecule has 1 aromatic carbocycles. The minimum atomic E-state index is -3.50. The molecule has 1 rings (SSSR count). The summed E-state index contributed by atoms with van der Waals surface area (Å²) in [5, 5.41) is 17.2. The summed E-state index contributed by atoms with van der Waals surface area (Å²) < 4.78 is 21.7. The van der Waals surface area contributed by atoms with E-state index in [1.54, 1.807) is 30.5 Å². The lowest BCUT2D eigenvalue weighted by Gasteiger charge is -2.02. The maximum absolute atomic E-state index is 10.9. The Bertz CT molecular complexity index is 543. The summed E-state index contributed by atoms with van der Waals surface area (Å²) in [6, 6.07) is 8.76. The number of hydrogen-bond donors (Lipinski definition) is 2. The van der Waals surface area contributed by atoms with Crippen LogP contribution in [0.25, 0.3) is 0 Å². The molecule has 6 nitrogen and oxygen atoms in total. The van der Waals surface area contributed by atoms with E-state index in [0.29, 0.717) is 18.4 Å². The molecule has 0 bridgehead atoms. The molecule has 0 radical (unpaired) electrons. The number of primary sulfonamides is 1. The first-order valence-corrected chi connectivity index (χ1v) is 6.97. The van der Waals surface area contributed by atoms with E-state index in [1.165, 1.54) is 0 Å². The molecule has 0 unspecified atom stereocenters. The van der Waals surface area contributed by atoms with Gasteiger partial charge in [-0.15, -0.1) is 0 Å².